The maximum atomic E-state index is 5.61. The van der Waals surface area contributed by atoms with Crippen LogP contribution in [0, 0.1) is 5.92 Å². The molecule has 2 aliphatic heterocycles. The Balaban J connectivity index is 1.52. The van der Waals surface area contributed by atoms with E-state index in [1.54, 1.807) is 0 Å². The number of nitrogens with one attached hydrogen (secondary N) is 1. The van der Waals surface area contributed by atoms with Crippen molar-refractivity contribution < 1.29 is 4.74 Å². The molecule has 3 nitrogen and oxygen atoms in total. The first-order valence-corrected chi connectivity index (χ1v) is 7.96. The Morgan fingerprint density at radius 2 is 2.18 bits per heavy atom. The molecule has 1 saturated carbocycles. The van der Waals surface area contributed by atoms with Crippen molar-refractivity contribution in [2.45, 2.75) is 50.7 Å². The first-order valence-electron chi connectivity index (χ1n) is 6.97. The van der Waals surface area contributed by atoms with Gasteiger partial charge in [0.2, 0.25) is 0 Å². The molecule has 0 radical (unpaired) electrons. The Hall–Kier alpha value is -0.220. The standard InChI is InChI=1S/C13H22N2OS/c1-2-6-12-10(4-1)9-17-13(15-12)14-8-11-5-3-7-16-11/h10-12H,1-9H2,(H,14,15). The van der Waals surface area contributed by atoms with Gasteiger partial charge in [-0.25, -0.2) is 0 Å². The van der Waals surface area contributed by atoms with Crippen LogP contribution in [0.15, 0.2) is 4.99 Å². The highest BCUT2D eigenvalue weighted by Gasteiger charge is 2.30. The second-order valence-electron chi connectivity index (χ2n) is 5.39. The first-order chi connectivity index (χ1) is 8.42. The summed E-state index contributed by atoms with van der Waals surface area (Å²) in [5.41, 5.74) is 0. The third-order valence-electron chi connectivity index (χ3n) is 4.11. The molecule has 1 aliphatic carbocycles. The van der Waals surface area contributed by atoms with E-state index in [0.29, 0.717) is 12.1 Å². The van der Waals surface area contributed by atoms with Gasteiger partial charge in [-0.3, -0.25) is 4.99 Å². The van der Waals surface area contributed by atoms with Crippen LogP contribution in [0.2, 0.25) is 0 Å². The monoisotopic (exact) mass is 254 g/mol. The lowest BCUT2D eigenvalue weighted by atomic mass is 9.86. The summed E-state index contributed by atoms with van der Waals surface area (Å²) in [5, 5.41) is 4.81. The van der Waals surface area contributed by atoms with E-state index in [9.17, 15) is 0 Å². The van der Waals surface area contributed by atoms with Gasteiger partial charge in [-0.1, -0.05) is 24.6 Å². The van der Waals surface area contributed by atoms with Crippen LogP contribution in [0.5, 0.6) is 0 Å². The number of rotatable bonds is 2. The summed E-state index contributed by atoms with van der Waals surface area (Å²) >= 11 is 1.92. The summed E-state index contributed by atoms with van der Waals surface area (Å²) in [5.74, 6) is 2.15. The van der Waals surface area contributed by atoms with Crippen LogP contribution in [-0.4, -0.2) is 36.2 Å². The van der Waals surface area contributed by atoms with Gasteiger partial charge in [0, 0.05) is 18.4 Å². The summed E-state index contributed by atoms with van der Waals surface area (Å²) in [4.78, 5) is 4.70. The molecule has 2 saturated heterocycles. The van der Waals surface area contributed by atoms with E-state index in [4.69, 9.17) is 9.73 Å². The smallest absolute Gasteiger partial charge is 0.156 e. The van der Waals surface area contributed by atoms with E-state index in [1.165, 1.54) is 49.4 Å². The van der Waals surface area contributed by atoms with Gasteiger partial charge in [-0.2, -0.15) is 0 Å². The van der Waals surface area contributed by atoms with Gasteiger partial charge in [-0.05, 0) is 31.6 Å². The van der Waals surface area contributed by atoms with Crippen molar-refractivity contribution >= 4 is 16.9 Å². The molecule has 0 aromatic heterocycles. The number of hydrogen-bond donors (Lipinski definition) is 1. The molecule has 3 fully saturated rings. The van der Waals surface area contributed by atoms with Crippen molar-refractivity contribution in [2.24, 2.45) is 10.9 Å². The van der Waals surface area contributed by atoms with Crippen LogP contribution in [0.3, 0.4) is 0 Å². The molecule has 96 valence electrons. The van der Waals surface area contributed by atoms with Gasteiger partial charge in [0.25, 0.3) is 0 Å². The second kappa shape index (κ2) is 5.61. The Morgan fingerprint density at radius 3 is 3.06 bits per heavy atom. The normalized spacial score (nSPS) is 40.0. The maximum Gasteiger partial charge on any atom is 0.156 e. The number of aliphatic imine (C=N–C) groups is 1. The fourth-order valence-electron chi connectivity index (χ4n) is 3.05. The van der Waals surface area contributed by atoms with Crippen molar-refractivity contribution in [3.8, 4) is 0 Å². The van der Waals surface area contributed by atoms with Crippen LogP contribution in [0.4, 0.5) is 0 Å². The Morgan fingerprint density at radius 1 is 1.24 bits per heavy atom. The molecule has 0 aromatic carbocycles. The summed E-state index contributed by atoms with van der Waals surface area (Å²) < 4.78 is 5.61. The van der Waals surface area contributed by atoms with Crippen LogP contribution in [0.1, 0.15) is 38.5 Å². The van der Waals surface area contributed by atoms with Crippen LogP contribution >= 0.6 is 11.8 Å². The third-order valence-corrected chi connectivity index (χ3v) is 5.23. The third kappa shape index (κ3) is 2.97. The molecular formula is C13H22N2OS. The molecule has 3 unspecified atom stereocenters. The van der Waals surface area contributed by atoms with E-state index < -0.39 is 0 Å². The zero-order chi connectivity index (χ0) is 11.5. The summed E-state index contributed by atoms with van der Waals surface area (Å²) in [6.07, 6.45) is 8.33. The molecular weight excluding hydrogens is 232 g/mol. The number of thioether (sulfide) groups is 1. The van der Waals surface area contributed by atoms with E-state index in [1.807, 2.05) is 11.8 Å². The molecule has 0 bridgehead atoms. The molecule has 3 rings (SSSR count). The Labute approximate surface area is 108 Å². The van der Waals surface area contributed by atoms with Gasteiger partial charge in [0.15, 0.2) is 5.17 Å². The fraction of sp³-hybridized carbons (Fsp3) is 0.923. The Kier molecular flexibility index (Phi) is 3.91. The largest absolute Gasteiger partial charge is 0.376 e. The first kappa shape index (κ1) is 11.8. The SMILES string of the molecule is C1COC(CN=C2NC3CCCCC3CS2)C1. The van der Waals surface area contributed by atoms with Crippen LogP contribution in [-0.2, 0) is 4.74 Å². The molecule has 17 heavy (non-hydrogen) atoms. The predicted molar refractivity (Wildman–Crippen MR) is 72.6 cm³/mol. The van der Waals surface area contributed by atoms with Gasteiger partial charge in [-0.15, -0.1) is 0 Å². The van der Waals surface area contributed by atoms with Gasteiger partial charge in [0.1, 0.15) is 0 Å². The lowest BCUT2D eigenvalue weighted by molar-refractivity contribution is 0.118. The van der Waals surface area contributed by atoms with Crippen molar-refractivity contribution in [3.05, 3.63) is 0 Å². The predicted octanol–water partition coefficient (Wildman–Crippen LogP) is 2.42. The number of fused-ring (bicyclic) bond motifs is 1. The van der Waals surface area contributed by atoms with Gasteiger partial charge in [0.05, 0.1) is 12.6 Å². The molecule has 4 heteroatoms. The van der Waals surface area contributed by atoms with Gasteiger partial charge >= 0.3 is 0 Å². The molecule has 2 heterocycles. The fourth-order valence-corrected chi connectivity index (χ4v) is 4.22. The number of hydrogen-bond acceptors (Lipinski definition) is 3. The zero-order valence-corrected chi connectivity index (χ0v) is 11.2. The average molecular weight is 254 g/mol. The number of ether oxygens (including phenoxy) is 1. The highest BCUT2D eigenvalue weighted by molar-refractivity contribution is 8.13. The lowest BCUT2D eigenvalue weighted by Crippen LogP contribution is -2.46. The van der Waals surface area contributed by atoms with Crippen molar-refractivity contribution in [1.29, 1.82) is 0 Å². The van der Waals surface area contributed by atoms with E-state index in [0.717, 1.165) is 19.1 Å². The molecule has 3 atom stereocenters. The highest BCUT2D eigenvalue weighted by Crippen LogP contribution is 2.31. The van der Waals surface area contributed by atoms with E-state index in [2.05, 4.69) is 5.32 Å². The Bertz CT molecular complexity index is 289. The minimum atomic E-state index is 0.383. The number of nitrogens with zero attached hydrogens (tertiary/aromatic N) is 1. The van der Waals surface area contributed by atoms with E-state index >= 15 is 0 Å². The van der Waals surface area contributed by atoms with Gasteiger partial charge < -0.3 is 10.1 Å². The maximum absolute atomic E-state index is 5.61. The van der Waals surface area contributed by atoms with Crippen molar-refractivity contribution in [2.75, 3.05) is 18.9 Å². The zero-order valence-electron chi connectivity index (χ0n) is 10.4. The summed E-state index contributed by atoms with van der Waals surface area (Å²) in [7, 11) is 0. The second-order valence-corrected chi connectivity index (χ2v) is 6.40. The summed E-state index contributed by atoms with van der Waals surface area (Å²) in [6.45, 7) is 1.79. The lowest BCUT2D eigenvalue weighted by Gasteiger charge is -2.36. The highest BCUT2D eigenvalue weighted by atomic mass is 32.2. The van der Waals surface area contributed by atoms with Crippen LogP contribution in [0.25, 0.3) is 0 Å². The minimum absolute atomic E-state index is 0.383. The van der Waals surface area contributed by atoms with Crippen LogP contribution < -0.4 is 5.32 Å². The van der Waals surface area contributed by atoms with Crippen molar-refractivity contribution in [3.63, 3.8) is 0 Å². The quantitative estimate of drug-likeness (QED) is 0.821. The molecule has 1 N–H and O–H groups in total. The van der Waals surface area contributed by atoms with E-state index in [-0.39, 0.29) is 0 Å². The topological polar surface area (TPSA) is 33.6 Å². The molecule has 0 spiro atoms. The minimum Gasteiger partial charge on any atom is -0.376 e. The average Bonchev–Trinajstić information content (AvgIpc) is 2.89. The molecule has 3 aliphatic rings. The van der Waals surface area contributed by atoms with Crippen molar-refractivity contribution in [1.82, 2.24) is 5.32 Å². The number of amidine groups is 1. The molecule has 0 amide bonds. The summed E-state index contributed by atoms with van der Waals surface area (Å²) in [6, 6.07) is 0.702. The molecule has 0 aromatic rings.